The highest BCUT2D eigenvalue weighted by Crippen LogP contribution is 2.68. The molecule has 0 spiro atoms. The molecule has 3 unspecified atom stereocenters. The summed E-state index contributed by atoms with van der Waals surface area (Å²) in [6.07, 6.45) is -14.4. The molecule has 2 bridgehead atoms. The predicted octanol–water partition coefficient (Wildman–Crippen LogP) is 4.23. The summed E-state index contributed by atoms with van der Waals surface area (Å²) in [4.78, 5) is 112. The number of ketones is 1. The third kappa shape index (κ3) is 15.3. The number of hydrogen-bond acceptors (Lipinski definition) is 25. The Balaban J connectivity index is 1.13. The van der Waals surface area contributed by atoms with Crippen LogP contribution < -0.4 is 25.4 Å². The van der Waals surface area contributed by atoms with Crippen molar-refractivity contribution in [2.75, 3.05) is 66.5 Å². The number of aliphatic hydroxyl groups is 5. The normalized spacial score (nSPS) is 29.0. The summed E-state index contributed by atoms with van der Waals surface area (Å²) in [7, 11) is 1.57. The van der Waals surface area contributed by atoms with Crippen LogP contribution >= 0.6 is 11.3 Å². The van der Waals surface area contributed by atoms with Crippen molar-refractivity contribution < 1.29 is 116 Å². The van der Waals surface area contributed by atoms with E-state index in [9.17, 15) is 54.3 Å². The Morgan fingerprint density at radius 3 is 2.03 bits per heavy atom. The van der Waals surface area contributed by atoms with Gasteiger partial charge in [0.15, 0.2) is 39.5 Å². The van der Waals surface area contributed by atoms with Gasteiger partial charge in [0.05, 0.1) is 88.2 Å². The molecule has 27 nitrogen and oxygen atoms in total. The Labute approximate surface area is 555 Å². The highest BCUT2D eigenvalue weighted by atomic mass is 32.1. The minimum Gasteiger partial charge on any atom is -0.488 e. The minimum absolute atomic E-state index is 0.0155. The Bertz CT molecular complexity index is 3220. The summed E-state index contributed by atoms with van der Waals surface area (Å²) in [5, 5.41) is 74.3. The molecule has 3 aromatic rings. The average Bonchev–Trinajstić information content (AvgIpc) is 0.916. The van der Waals surface area contributed by atoms with E-state index in [1.54, 1.807) is 59.1 Å². The van der Waals surface area contributed by atoms with Crippen LogP contribution in [0, 0.1) is 22.7 Å². The summed E-state index contributed by atoms with van der Waals surface area (Å²) in [5.74, 6) is -9.18. The Hall–Kier alpha value is -6.86. The maximum Gasteiger partial charge on any atom is 0.408 e. The Kier molecular flexibility index (Phi) is 23.9. The number of unbranched alkanes of at least 4 members (excludes halogenated alkanes) is 1. The lowest BCUT2D eigenvalue weighted by atomic mass is 9.40. The molecule has 15 atom stereocenters. The molecule has 1 saturated heterocycles. The molecular weight excluding hydrogens is 1260 g/mol. The van der Waals surface area contributed by atoms with E-state index in [1.165, 1.54) is 64.1 Å². The van der Waals surface area contributed by atoms with Crippen LogP contribution in [0.2, 0.25) is 0 Å². The van der Waals surface area contributed by atoms with Gasteiger partial charge in [-0.25, -0.2) is 19.2 Å². The second kappa shape index (κ2) is 30.7. The van der Waals surface area contributed by atoms with Crippen molar-refractivity contribution >= 4 is 58.9 Å². The SMILES string of the molecule is COCCOCCOCCC(=O)NCCCCC(NC(=O)c1sc(C(=O)O[C@H](C(=O)OC2C[C@]3(O)[C@H](OC(=O)c4ccccc4)[C@]4(O)[C@](C)([C@H](O)C[C@@H]5OC[C@@]54OC(C)=O)[C@@H](O)[C@@H](O)C([C@H]2C)C3(C)C)[C@H](NC(=O)OC(C)(C)C)c2ccccc2)c2c1OCCCO2)C(C)=O. The van der Waals surface area contributed by atoms with Gasteiger partial charge in [-0.05, 0) is 70.6 Å². The van der Waals surface area contributed by atoms with E-state index in [0.717, 1.165) is 6.92 Å². The molecule has 8 N–H and O–H groups in total. The van der Waals surface area contributed by atoms with Crippen molar-refractivity contribution in [3.63, 3.8) is 0 Å². The number of fused-ring (bicyclic) bond motifs is 6. The van der Waals surface area contributed by atoms with Gasteiger partial charge < -0.3 is 93.6 Å². The first kappa shape index (κ1) is 73.9. The molecule has 8 rings (SSSR count). The number of amides is 3. The molecule has 5 aliphatic rings. The van der Waals surface area contributed by atoms with Crippen LogP contribution in [-0.2, 0) is 61.8 Å². The number of nitrogens with one attached hydrogen (secondary N) is 3. The van der Waals surface area contributed by atoms with Crippen LogP contribution in [0.5, 0.6) is 11.5 Å². The lowest BCUT2D eigenvalue weighted by molar-refractivity contribution is -0.432. The number of ether oxygens (including phenoxy) is 11. The van der Waals surface area contributed by atoms with Crippen LogP contribution in [0.15, 0.2) is 60.7 Å². The van der Waals surface area contributed by atoms with Crippen molar-refractivity contribution in [3.8, 4) is 11.5 Å². The fourth-order valence-electron chi connectivity index (χ4n) is 14.0. The smallest absolute Gasteiger partial charge is 0.408 e. The van der Waals surface area contributed by atoms with Gasteiger partial charge in [0.2, 0.25) is 12.0 Å². The molecule has 2 aromatic carbocycles. The van der Waals surface area contributed by atoms with Crippen LogP contribution in [0.4, 0.5) is 4.79 Å². The van der Waals surface area contributed by atoms with Crippen molar-refractivity contribution in [2.24, 2.45) is 22.7 Å². The molecule has 0 radical (unpaired) electrons. The zero-order valence-electron chi connectivity index (χ0n) is 55.3. The number of alkyl carbamates (subject to hydrolysis) is 1. The second-order valence-electron chi connectivity index (χ2n) is 26.7. The summed E-state index contributed by atoms with van der Waals surface area (Å²) in [6.45, 7) is 14.3. The number of aliphatic hydroxyl groups excluding tert-OH is 3. The Morgan fingerprint density at radius 1 is 0.789 bits per heavy atom. The number of carbonyl (C=O) groups is 8. The van der Waals surface area contributed by atoms with Gasteiger partial charge in [-0.3, -0.25) is 19.2 Å². The van der Waals surface area contributed by atoms with Crippen molar-refractivity contribution in [3.05, 3.63) is 81.5 Å². The maximum absolute atomic E-state index is 15.8. The zero-order valence-corrected chi connectivity index (χ0v) is 56.2. The van der Waals surface area contributed by atoms with E-state index in [1.807, 2.05) is 0 Å². The third-order valence-corrected chi connectivity index (χ3v) is 20.2. The van der Waals surface area contributed by atoms with Crippen molar-refractivity contribution in [2.45, 2.75) is 184 Å². The lowest BCUT2D eigenvalue weighted by Crippen LogP contribution is -2.92. The first-order chi connectivity index (χ1) is 44.9. The van der Waals surface area contributed by atoms with Crippen LogP contribution in [0.25, 0.3) is 0 Å². The fraction of sp³-hybridized carbons (Fsp3) is 0.642. The van der Waals surface area contributed by atoms with Crippen molar-refractivity contribution in [1.82, 2.24) is 16.0 Å². The first-order valence-corrected chi connectivity index (χ1v) is 32.9. The summed E-state index contributed by atoms with van der Waals surface area (Å²) >= 11 is 0.568. The maximum atomic E-state index is 15.8. The Morgan fingerprint density at radius 2 is 1.42 bits per heavy atom. The number of hydrogen-bond donors (Lipinski definition) is 8. The number of carbonyl (C=O) groups excluding carboxylic acids is 8. The van der Waals surface area contributed by atoms with E-state index in [0.29, 0.717) is 57.0 Å². The number of Topliss-reactive ketones (excluding diaryl/α,β-unsaturated/α-hetero) is 1. The highest BCUT2D eigenvalue weighted by molar-refractivity contribution is 7.16. The highest BCUT2D eigenvalue weighted by Gasteiger charge is 2.86. The quantitative estimate of drug-likeness (QED) is 0.0301. The van der Waals surface area contributed by atoms with E-state index in [2.05, 4.69) is 16.0 Å². The monoisotopic (exact) mass is 1350 g/mol. The lowest BCUT2D eigenvalue weighted by Gasteiger charge is -2.73. The van der Waals surface area contributed by atoms with E-state index >= 15 is 9.59 Å². The fourth-order valence-corrected chi connectivity index (χ4v) is 15.0. The van der Waals surface area contributed by atoms with Gasteiger partial charge in [0, 0.05) is 57.6 Å². The molecular formula is C67H91N3O24S. The van der Waals surface area contributed by atoms with Crippen LogP contribution in [0.3, 0.4) is 0 Å². The first-order valence-electron chi connectivity index (χ1n) is 32.0. The van der Waals surface area contributed by atoms with Gasteiger partial charge in [-0.15, -0.1) is 11.3 Å². The van der Waals surface area contributed by atoms with Crippen LogP contribution in [0.1, 0.15) is 149 Å². The van der Waals surface area contributed by atoms with E-state index in [-0.39, 0.29) is 83.9 Å². The summed E-state index contributed by atoms with van der Waals surface area (Å²) in [6, 6.07) is 12.6. The molecule has 3 heterocycles. The number of methoxy groups -OCH3 is 1. The van der Waals surface area contributed by atoms with Gasteiger partial charge >= 0.3 is 30.0 Å². The minimum atomic E-state index is -3.07. The molecule has 28 heteroatoms. The summed E-state index contributed by atoms with van der Waals surface area (Å²) in [5.41, 5.74) is -13.4. The molecule has 2 aliphatic heterocycles. The van der Waals surface area contributed by atoms with Crippen molar-refractivity contribution in [1.29, 1.82) is 0 Å². The molecule has 95 heavy (non-hydrogen) atoms. The van der Waals surface area contributed by atoms with Crippen LogP contribution in [-0.4, -0.2) is 211 Å². The predicted molar refractivity (Wildman–Crippen MR) is 336 cm³/mol. The van der Waals surface area contributed by atoms with Gasteiger partial charge in [0.25, 0.3) is 5.91 Å². The standard InChI is InChI=1S/C67H91N3O24S/c1-37-43(35-65(82)60(92-57(78)41-22-15-12-16-23-41)67(83)64(9,55(76)49(75)47(37)63(65,7)8)44(73)34-45-66(67,36-89-45)93-39(3)72)90-58(79)50(48(40-20-13-11-14-21-40)70-61(81)94-62(4,5)6)91-59(80)54-52-51(87-27-19-28-88-52)53(95-54)56(77)69-42(38(2)71)24-17-18-26-68-46(74)25-29-85-32-33-86-31-30-84-10/h11-16,20-23,37,42-45,47-50,55,60,73,75-76,82-83H,17-19,24-36H2,1-10H3,(H,68,74)(H,69,77)(H,70,81)/t37-,42?,43?,44+,45-,47?,48+,49-,50-,55-,60-,64+,65-,66+,67-/m0/s1. The van der Waals surface area contributed by atoms with Gasteiger partial charge in [-0.1, -0.05) is 76.2 Å². The molecule has 3 saturated carbocycles. The van der Waals surface area contributed by atoms with E-state index < -0.39 is 155 Å². The largest absolute Gasteiger partial charge is 0.488 e. The molecule has 3 amide bonds. The van der Waals surface area contributed by atoms with E-state index in [4.69, 9.17) is 52.1 Å². The zero-order chi connectivity index (χ0) is 69.4. The molecule has 3 aliphatic carbocycles. The third-order valence-electron chi connectivity index (χ3n) is 19.1. The number of benzene rings is 2. The topological polar surface area (TPSA) is 375 Å². The molecule has 4 fully saturated rings. The summed E-state index contributed by atoms with van der Waals surface area (Å²) < 4.78 is 64.6. The van der Waals surface area contributed by atoms with Gasteiger partial charge in [0.1, 0.15) is 34.3 Å². The second-order valence-corrected chi connectivity index (χ2v) is 27.7. The van der Waals surface area contributed by atoms with Gasteiger partial charge in [-0.2, -0.15) is 0 Å². The number of esters is 4. The molecule has 524 valence electrons. The number of rotatable bonds is 27. The number of thiophene rings is 1. The molecule has 1 aromatic heterocycles. The average molecular weight is 1350 g/mol.